The van der Waals surface area contributed by atoms with E-state index in [1.54, 1.807) is 7.05 Å². The predicted molar refractivity (Wildman–Crippen MR) is 167 cm³/mol. The third-order valence-electron chi connectivity index (χ3n) is 8.80. The van der Waals surface area contributed by atoms with Gasteiger partial charge in [-0.05, 0) is 47.7 Å². The SMILES string of the molecule is CNC(=O)C1Cc2ccc(-c3cc(-c4nn(CCCN5CCOCC5)c5c4CN(S(C)(=O)=O)CC5)ccc3Cl)cc2CN1. The van der Waals surface area contributed by atoms with E-state index in [1.165, 1.54) is 10.6 Å². The lowest BCUT2D eigenvalue weighted by Crippen LogP contribution is -2.46. The number of rotatable bonds is 8. The molecule has 0 saturated carbocycles. The number of hydrogen-bond donors (Lipinski definition) is 2. The van der Waals surface area contributed by atoms with E-state index in [9.17, 15) is 13.2 Å². The van der Waals surface area contributed by atoms with Crippen LogP contribution in [0.15, 0.2) is 36.4 Å². The van der Waals surface area contributed by atoms with Crippen molar-refractivity contribution in [2.24, 2.45) is 0 Å². The second-order valence-corrected chi connectivity index (χ2v) is 14.0. The van der Waals surface area contributed by atoms with Crippen molar-refractivity contribution in [3.8, 4) is 22.4 Å². The molecule has 3 aliphatic heterocycles. The van der Waals surface area contributed by atoms with Crippen molar-refractivity contribution in [1.82, 2.24) is 29.6 Å². The van der Waals surface area contributed by atoms with Gasteiger partial charge in [-0.2, -0.15) is 9.40 Å². The summed E-state index contributed by atoms with van der Waals surface area (Å²) in [6, 6.07) is 12.0. The van der Waals surface area contributed by atoms with Crippen LogP contribution in [0.3, 0.4) is 0 Å². The Morgan fingerprint density at radius 2 is 1.88 bits per heavy atom. The maximum absolute atomic E-state index is 12.5. The second kappa shape index (κ2) is 12.7. The van der Waals surface area contributed by atoms with Crippen LogP contribution in [-0.2, 0) is 52.0 Å². The Balaban J connectivity index is 1.31. The van der Waals surface area contributed by atoms with Gasteiger partial charge < -0.3 is 15.4 Å². The summed E-state index contributed by atoms with van der Waals surface area (Å²) >= 11 is 6.76. The van der Waals surface area contributed by atoms with E-state index in [0.717, 1.165) is 90.6 Å². The smallest absolute Gasteiger partial charge is 0.237 e. The van der Waals surface area contributed by atoms with E-state index in [1.807, 2.05) is 12.1 Å². The highest BCUT2D eigenvalue weighted by Gasteiger charge is 2.30. The molecule has 1 unspecified atom stereocenters. The number of hydrogen-bond acceptors (Lipinski definition) is 7. The molecule has 43 heavy (non-hydrogen) atoms. The van der Waals surface area contributed by atoms with Gasteiger partial charge in [0.2, 0.25) is 15.9 Å². The number of fused-ring (bicyclic) bond motifs is 2. The van der Waals surface area contributed by atoms with Crippen LogP contribution in [0.1, 0.15) is 28.8 Å². The number of nitrogens with one attached hydrogen (secondary N) is 2. The topological polar surface area (TPSA) is 109 Å². The quantitative estimate of drug-likeness (QED) is 0.396. The van der Waals surface area contributed by atoms with Crippen LogP contribution in [0.4, 0.5) is 0 Å². The molecule has 3 aliphatic rings. The largest absolute Gasteiger partial charge is 0.379 e. The van der Waals surface area contributed by atoms with Gasteiger partial charge in [0.05, 0.1) is 31.2 Å². The molecule has 1 aromatic heterocycles. The fourth-order valence-corrected chi connectivity index (χ4v) is 7.38. The minimum absolute atomic E-state index is 0.0104. The van der Waals surface area contributed by atoms with Crippen LogP contribution < -0.4 is 10.6 Å². The van der Waals surface area contributed by atoms with Gasteiger partial charge in [-0.3, -0.25) is 14.4 Å². The summed E-state index contributed by atoms with van der Waals surface area (Å²) in [6.07, 6.45) is 3.49. The molecule has 230 valence electrons. The van der Waals surface area contributed by atoms with Crippen LogP contribution in [0.2, 0.25) is 5.02 Å². The average Bonchev–Trinajstić information content (AvgIpc) is 3.38. The van der Waals surface area contributed by atoms with Gasteiger partial charge in [-0.25, -0.2) is 8.42 Å². The standard InChI is InChI=1S/C31H39ClN6O4S/c1-33-31(39)28-18-21-4-5-22(16-24(21)19-34-28)25-17-23(6-7-27(25)32)30-26-20-37(43(2,40)41)11-8-29(26)38(35-30)10-3-9-36-12-14-42-15-13-36/h4-7,16-17,28,34H,3,8-15,18-20H2,1-2H3,(H,33,39). The molecule has 4 heterocycles. The molecular weight excluding hydrogens is 588 g/mol. The van der Waals surface area contributed by atoms with Gasteiger partial charge in [-0.1, -0.05) is 29.8 Å². The molecule has 0 radical (unpaired) electrons. The van der Waals surface area contributed by atoms with E-state index in [2.05, 4.69) is 44.5 Å². The minimum Gasteiger partial charge on any atom is -0.379 e. The summed E-state index contributed by atoms with van der Waals surface area (Å²) in [4.78, 5) is 14.6. The maximum atomic E-state index is 12.5. The molecule has 1 fully saturated rings. The van der Waals surface area contributed by atoms with Crippen molar-refractivity contribution in [3.05, 3.63) is 63.8 Å². The zero-order valence-corrected chi connectivity index (χ0v) is 26.3. The maximum Gasteiger partial charge on any atom is 0.237 e. The number of ether oxygens (including phenoxy) is 1. The highest BCUT2D eigenvalue weighted by molar-refractivity contribution is 7.88. The van der Waals surface area contributed by atoms with Crippen LogP contribution in [-0.4, -0.2) is 92.0 Å². The summed E-state index contributed by atoms with van der Waals surface area (Å²) in [7, 11) is -1.69. The molecule has 6 rings (SSSR count). The number of morpholine rings is 1. The highest BCUT2D eigenvalue weighted by atomic mass is 35.5. The molecular formula is C31H39ClN6O4S. The Morgan fingerprint density at radius 1 is 1.09 bits per heavy atom. The molecule has 1 amide bonds. The first-order valence-electron chi connectivity index (χ1n) is 14.9. The summed E-state index contributed by atoms with van der Waals surface area (Å²) in [5.41, 5.74) is 7.96. The Labute approximate surface area is 258 Å². The minimum atomic E-state index is -3.34. The lowest BCUT2D eigenvalue weighted by Gasteiger charge is -2.27. The Kier molecular flexibility index (Phi) is 8.91. The second-order valence-electron chi connectivity index (χ2n) is 11.6. The first kappa shape index (κ1) is 30.2. The highest BCUT2D eigenvalue weighted by Crippen LogP contribution is 2.37. The molecule has 1 saturated heterocycles. The van der Waals surface area contributed by atoms with Crippen LogP contribution in [0.25, 0.3) is 22.4 Å². The lowest BCUT2D eigenvalue weighted by atomic mass is 9.91. The number of nitrogens with zero attached hydrogens (tertiary/aromatic N) is 4. The molecule has 0 spiro atoms. The van der Waals surface area contributed by atoms with Gasteiger partial charge in [-0.15, -0.1) is 0 Å². The fraction of sp³-hybridized carbons (Fsp3) is 0.484. The summed E-state index contributed by atoms with van der Waals surface area (Å²) in [5.74, 6) is -0.0104. The molecule has 2 aromatic carbocycles. The van der Waals surface area contributed by atoms with Gasteiger partial charge in [0, 0.05) is 86.7 Å². The zero-order chi connectivity index (χ0) is 30.1. The van der Waals surface area contributed by atoms with Crippen molar-refractivity contribution in [2.75, 3.05) is 52.7 Å². The number of aryl methyl sites for hydroxylation is 1. The van der Waals surface area contributed by atoms with Gasteiger partial charge >= 0.3 is 0 Å². The van der Waals surface area contributed by atoms with Crippen molar-refractivity contribution in [2.45, 2.75) is 44.9 Å². The fourth-order valence-electron chi connectivity index (χ4n) is 6.37. The third-order valence-corrected chi connectivity index (χ3v) is 10.4. The Morgan fingerprint density at radius 3 is 2.65 bits per heavy atom. The van der Waals surface area contributed by atoms with Crippen LogP contribution in [0.5, 0.6) is 0 Å². The first-order valence-corrected chi connectivity index (χ1v) is 17.1. The average molecular weight is 627 g/mol. The van der Waals surface area contributed by atoms with E-state index in [0.29, 0.717) is 37.5 Å². The Bertz CT molecular complexity index is 1620. The van der Waals surface area contributed by atoms with E-state index in [-0.39, 0.29) is 11.9 Å². The monoisotopic (exact) mass is 626 g/mol. The van der Waals surface area contributed by atoms with Crippen molar-refractivity contribution in [3.63, 3.8) is 0 Å². The van der Waals surface area contributed by atoms with Gasteiger partial charge in [0.1, 0.15) is 0 Å². The predicted octanol–water partition coefficient (Wildman–Crippen LogP) is 2.67. The number of likely N-dealkylation sites (N-methyl/N-ethyl adjacent to an activating group) is 1. The lowest BCUT2D eigenvalue weighted by molar-refractivity contribution is -0.122. The van der Waals surface area contributed by atoms with E-state index < -0.39 is 10.0 Å². The summed E-state index contributed by atoms with van der Waals surface area (Å²) in [5, 5.41) is 11.8. The Hall–Kier alpha value is -2.80. The number of carbonyl (C=O) groups is 1. The van der Waals surface area contributed by atoms with E-state index in [4.69, 9.17) is 21.4 Å². The van der Waals surface area contributed by atoms with Crippen molar-refractivity contribution in [1.29, 1.82) is 0 Å². The summed E-state index contributed by atoms with van der Waals surface area (Å²) < 4.78 is 34.1. The van der Waals surface area contributed by atoms with Crippen molar-refractivity contribution >= 4 is 27.5 Å². The molecule has 1 atom stereocenters. The molecule has 0 bridgehead atoms. The number of amides is 1. The van der Waals surface area contributed by atoms with E-state index >= 15 is 0 Å². The molecule has 3 aromatic rings. The number of sulfonamides is 1. The number of benzene rings is 2. The van der Waals surface area contributed by atoms with Crippen molar-refractivity contribution < 1.29 is 17.9 Å². The first-order chi connectivity index (χ1) is 20.7. The third kappa shape index (κ3) is 6.52. The number of halogens is 1. The molecule has 0 aliphatic carbocycles. The molecule has 12 heteroatoms. The van der Waals surface area contributed by atoms with Crippen LogP contribution in [0, 0.1) is 0 Å². The van der Waals surface area contributed by atoms with Crippen LogP contribution >= 0.6 is 11.6 Å². The zero-order valence-electron chi connectivity index (χ0n) is 24.7. The number of aromatic nitrogens is 2. The normalized spacial score (nSPS) is 19.6. The van der Waals surface area contributed by atoms with Gasteiger partial charge in [0.25, 0.3) is 0 Å². The van der Waals surface area contributed by atoms with Gasteiger partial charge in [0.15, 0.2) is 0 Å². The molecule has 10 nitrogen and oxygen atoms in total. The summed E-state index contributed by atoms with van der Waals surface area (Å²) in [6.45, 7) is 6.57. The number of carbonyl (C=O) groups excluding carboxylic acids is 1. The molecule has 2 N–H and O–H groups in total.